The van der Waals surface area contributed by atoms with E-state index >= 15 is 0 Å². The largest absolute Gasteiger partial charge is 0.338 e. The zero-order valence-electron chi connectivity index (χ0n) is 15.6. The van der Waals surface area contributed by atoms with Gasteiger partial charge in [0.1, 0.15) is 6.04 Å². The van der Waals surface area contributed by atoms with Gasteiger partial charge in [0.25, 0.3) is 5.91 Å². The van der Waals surface area contributed by atoms with Gasteiger partial charge in [-0.2, -0.15) is 0 Å². The number of aromatic nitrogens is 1. The van der Waals surface area contributed by atoms with E-state index in [2.05, 4.69) is 15.8 Å². The summed E-state index contributed by atoms with van der Waals surface area (Å²) in [5.41, 5.74) is 7.36. The summed E-state index contributed by atoms with van der Waals surface area (Å²) in [6.45, 7) is 1.48. The fourth-order valence-corrected chi connectivity index (χ4v) is 3.69. The number of piperazine rings is 1. The number of hydrogen-bond donors (Lipinski definition) is 2. The van der Waals surface area contributed by atoms with Crippen LogP contribution in [0.15, 0.2) is 42.7 Å². The van der Waals surface area contributed by atoms with Crippen molar-refractivity contribution in [2.75, 3.05) is 26.2 Å². The Morgan fingerprint density at radius 3 is 2.31 bits per heavy atom. The minimum Gasteiger partial charge on any atom is -0.338 e. The van der Waals surface area contributed by atoms with Gasteiger partial charge in [0, 0.05) is 50.2 Å². The van der Waals surface area contributed by atoms with Crippen molar-refractivity contribution in [1.82, 2.24) is 25.6 Å². The van der Waals surface area contributed by atoms with Crippen LogP contribution in [0.3, 0.4) is 0 Å². The molecule has 2 aromatic rings. The molecule has 2 saturated heterocycles. The minimum atomic E-state index is -1.05. The number of rotatable bonds is 3. The second-order valence-electron chi connectivity index (χ2n) is 7.16. The standard InChI is InChI=1S/C20H21F2N5O2/c21-15-2-1-14(11-16(15)22)19(28)26-7-9-27(10-8-26)20(29)18-12-17(24-25-18)13-3-5-23-6-4-13/h1-6,11,17-18,24-25H,7-10,12H2. The summed E-state index contributed by atoms with van der Waals surface area (Å²) in [7, 11) is 0. The molecule has 9 heteroatoms. The van der Waals surface area contributed by atoms with Crippen LogP contribution in [0.5, 0.6) is 0 Å². The number of nitrogens with zero attached hydrogens (tertiary/aromatic N) is 3. The Kier molecular flexibility index (Phi) is 5.50. The van der Waals surface area contributed by atoms with Gasteiger partial charge < -0.3 is 9.80 Å². The lowest BCUT2D eigenvalue weighted by Crippen LogP contribution is -2.54. The molecule has 1 aromatic carbocycles. The van der Waals surface area contributed by atoms with E-state index in [0.29, 0.717) is 32.6 Å². The minimum absolute atomic E-state index is 0.0195. The first-order valence-corrected chi connectivity index (χ1v) is 9.47. The first-order valence-electron chi connectivity index (χ1n) is 9.47. The highest BCUT2D eigenvalue weighted by Gasteiger charge is 2.34. The summed E-state index contributed by atoms with van der Waals surface area (Å²) < 4.78 is 26.5. The fraction of sp³-hybridized carbons (Fsp3) is 0.350. The van der Waals surface area contributed by atoms with Gasteiger partial charge in [0.15, 0.2) is 11.6 Å². The van der Waals surface area contributed by atoms with Crippen molar-refractivity contribution >= 4 is 11.8 Å². The predicted molar refractivity (Wildman–Crippen MR) is 100 cm³/mol. The Labute approximate surface area is 166 Å². The molecule has 29 heavy (non-hydrogen) atoms. The highest BCUT2D eigenvalue weighted by molar-refractivity contribution is 5.94. The zero-order chi connectivity index (χ0) is 20.4. The van der Waals surface area contributed by atoms with E-state index in [9.17, 15) is 18.4 Å². The number of pyridine rings is 1. The maximum atomic E-state index is 13.4. The lowest BCUT2D eigenvalue weighted by atomic mass is 10.0. The predicted octanol–water partition coefficient (Wildman–Crippen LogP) is 1.25. The molecule has 4 rings (SSSR count). The van der Waals surface area contributed by atoms with Gasteiger partial charge in [0.2, 0.25) is 5.91 Å². The highest BCUT2D eigenvalue weighted by Crippen LogP contribution is 2.23. The lowest BCUT2D eigenvalue weighted by Gasteiger charge is -2.36. The summed E-state index contributed by atoms with van der Waals surface area (Å²) in [5, 5.41) is 0. The molecule has 0 aliphatic carbocycles. The van der Waals surface area contributed by atoms with Gasteiger partial charge in [-0.3, -0.25) is 14.6 Å². The molecule has 0 bridgehead atoms. The van der Waals surface area contributed by atoms with E-state index in [1.165, 1.54) is 6.07 Å². The molecule has 0 saturated carbocycles. The van der Waals surface area contributed by atoms with E-state index in [1.807, 2.05) is 12.1 Å². The Balaban J connectivity index is 1.32. The van der Waals surface area contributed by atoms with Crippen molar-refractivity contribution in [1.29, 1.82) is 0 Å². The summed E-state index contributed by atoms with van der Waals surface area (Å²) in [6, 6.07) is 6.63. The van der Waals surface area contributed by atoms with Gasteiger partial charge in [-0.05, 0) is 42.3 Å². The molecule has 2 unspecified atom stereocenters. The third-order valence-electron chi connectivity index (χ3n) is 5.35. The van der Waals surface area contributed by atoms with E-state index in [4.69, 9.17) is 0 Å². The second-order valence-corrected chi connectivity index (χ2v) is 7.16. The topological polar surface area (TPSA) is 77.6 Å². The summed E-state index contributed by atoms with van der Waals surface area (Å²) in [4.78, 5) is 32.6. The average molecular weight is 401 g/mol. The van der Waals surface area contributed by atoms with E-state index < -0.39 is 11.6 Å². The monoisotopic (exact) mass is 401 g/mol. The first kappa shape index (κ1) is 19.4. The second kappa shape index (κ2) is 8.22. The van der Waals surface area contributed by atoms with Crippen molar-refractivity contribution in [2.24, 2.45) is 0 Å². The number of carbonyl (C=O) groups excluding carboxylic acids is 2. The number of nitrogens with one attached hydrogen (secondary N) is 2. The maximum absolute atomic E-state index is 13.4. The molecule has 2 aliphatic heterocycles. The van der Waals surface area contributed by atoms with Gasteiger partial charge in [0.05, 0.1) is 0 Å². The summed E-state index contributed by atoms with van der Waals surface area (Å²) in [6.07, 6.45) is 4.06. The molecule has 3 heterocycles. The average Bonchev–Trinajstić information content (AvgIpc) is 3.26. The molecule has 0 spiro atoms. The normalized spacial score (nSPS) is 22.0. The van der Waals surface area contributed by atoms with Crippen LogP contribution in [0.25, 0.3) is 0 Å². The molecule has 0 radical (unpaired) electrons. The van der Waals surface area contributed by atoms with E-state index in [0.717, 1.165) is 17.7 Å². The Bertz CT molecular complexity index is 903. The molecule has 2 fully saturated rings. The fourth-order valence-electron chi connectivity index (χ4n) is 3.69. The molecule has 7 nitrogen and oxygen atoms in total. The lowest BCUT2D eigenvalue weighted by molar-refractivity contribution is -0.134. The van der Waals surface area contributed by atoms with Crippen LogP contribution in [0.4, 0.5) is 8.78 Å². The highest BCUT2D eigenvalue weighted by atomic mass is 19.2. The van der Waals surface area contributed by atoms with Gasteiger partial charge in [-0.25, -0.2) is 19.6 Å². The Morgan fingerprint density at radius 1 is 0.931 bits per heavy atom. The van der Waals surface area contributed by atoms with Crippen molar-refractivity contribution in [3.63, 3.8) is 0 Å². The maximum Gasteiger partial charge on any atom is 0.254 e. The van der Waals surface area contributed by atoms with Crippen molar-refractivity contribution in [3.8, 4) is 0 Å². The van der Waals surface area contributed by atoms with Gasteiger partial charge in [-0.15, -0.1) is 0 Å². The number of halogens is 2. The molecule has 2 atom stereocenters. The third kappa shape index (κ3) is 4.10. The number of amides is 2. The molecular weight excluding hydrogens is 380 g/mol. The van der Waals surface area contributed by atoms with Crippen LogP contribution in [0, 0.1) is 11.6 Å². The van der Waals surface area contributed by atoms with Crippen molar-refractivity contribution < 1.29 is 18.4 Å². The molecule has 2 amide bonds. The molecule has 2 N–H and O–H groups in total. The van der Waals surface area contributed by atoms with Crippen LogP contribution < -0.4 is 10.9 Å². The van der Waals surface area contributed by atoms with Crippen LogP contribution >= 0.6 is 0 Å². The third-order valence-corrected chi connectivity index (χ3v) is 5.35. The van der Waals surface area contributed by atoms with Crippen LogP contribution in [0.2, 0.25) is 0 Å². The van der Waals surface area contributed by atoms with Gasteiger partial charge in [-0.1, -0.05) is 0 Å². The van der Waals surface area contributed by atoms with Gasteiger partial charge >= 0.3 is 0 Å². The Hall–Kier alpha value is -2.91. The van der Waals surface area contributed by atoms with E-state index in [-0.39, 0.29) is 29.5 Å². The van der Waals surface area contributed by atoms with Crippen LogP contribution in [-0.2, 0) is 4.79 Å². The molecule has 152 valence electrons. The first-order chi connectivity index (χ1) is 14.0. The SMILES string of the molecule is O=C(c1ccc(F)c(F)c1)N1CCN(C(=O)C2CC(c3ccncc3)NN2)CC1. The number of hydrazine groups is 1. The Morgan fingerprint density at radius 2 is 1.62 bits per heavy atom. The van der Waals surface area contributed by atoms with E-state index in [1.54, 1.807) is 22.2 Å². The number of carbonyl (C=O) groups is 2. The quantitative estimate of drug-likeness (QED) is 0.810. The van der Waals surface area contributed by atoms with Crippen LogP contribution in [0.1, 0.15) is 28.4 Å². The smallest absolute Gasteiger partial charge is 0.254 e. The number of hydrogen-bond acceptors (Lipinski definition) is 5. The molecule has 1 aromatic heterocycles. The summed E-state index contributed by atoms with van der Waals surface area (Å²) >= 11 is 0. The summed E-state index contributed by atoms with van der Waals surface area (Å²) in [5.74, 6) is -2.42. The molecule has 2 aliphatic rings. The zero-order valence-corrected chi connectivity index (χ0v) is 15.6. The van der Waals surface area contributed by atoms with Crippen LogP contribution in [-0.4, -0.2) is 58.8 Å². The van der Waals surface area contributed by atoms with Crippen molar-refractivity contribution in [2.45, 2.75) is 18.5 Å². The number of benzene rings is 1. The molecular formula is C20H21F2N5O2. The van der Waals surface area contributed by atoms with Crippen molar-refractivity contribution in [3.05, 3.63) is 65.5 Å².